The van der Waals surface area contributed by atoms with E-state index in [0.29, 0.717) is 5.56 Å². The van der Waals surface area contributed by atoms with Gasteiger partial charge in [-0.15, -0.1) is 0 Å². The minimum absolute atomic E-state index is 0.0901. The van der Waals surface area contributed by atoms with Crippen molar-refractivity contribution in [1.82, 2.24) is 9.55 Å². The normalized spacial score (nSPS) is 29.6. The zero-order valence-electron chi connectivity index (χ0n) is 15.3. The minimum Gasteiger partial charge on any atom is -0.349 e. The highest BCUT2D eigenvalue weighted by Gasteiger charge is 2.53. The molecule has 2 aromatic rings. The van der Waals surface area contributed by atoms with Crippen LogP contribution in [0.5, 0.6) is 0 Å². The van der Waals surface area contributed by atoms with Crippen LogP contribution in [0.1, 0.15) is 23.8 Å². The van der Waals surface area contributed by atoms with Crippen LogP contribution in [-0.4, -0.2) is 38.2 Å². The summed E-state index contributed by atoms with van der Waals surface area (Å²) in [6, 6.07) is 8.13. The first kappa shape index (κ1) is 20.2. The lowest BCUT2D eigenvalue weighted by molar-refractivity contribution is -0.410. The van der Waals surface area contributed by atoms with Gasteiger partial charge in [0.15, 0.2) is 0 Å². The maximum atomic E-state index is 12.1. The zero-order chi connectivity index (χ0) is 20.8. The molecule has 0 radical (unpaired) electrons. The van der Waals surface area contributed by atoms with Gasteiger partial charge in [0.1, 0.15) is 12.3 Å². The molecule has 0 spiro atoms. The predicted octanol–water partition coefficient (Wildman–Crippen LogP) is 0.468. The largest absolute Gasteiger partial charge is 0.474 e. The fraction of sp³-hybridized carbons (Fsp3) is 0.412. The number of fused-ring (bicyclic) bond motifs is 1. The Morgan fingerprint density at radius 1 is 1.24 bits per heavy atom. The zero-order valence-corrected chi connectivity index (χ0v) is 16.2. The number of rotatable bonds is 4. The molecule has 0 saturated carbocycles. The topological polar surface area (TPSA) is 149 Å². The van der Waals surface area contributed by atoms with Crippen molar-refractivity contribution >= 4 is 7.82 Å². The quantitative estimate of drug-likeness (QED) is 0.593. The summed E-state index contributed by atoms with van der Waals surface area (Å²) >= 11 is 0. The number of nitrogens with zero attached hydrogens (tertiary/aromatic N) is 1. The molecular weight excluding hydrogens is 407 g/mol. The molecular formula is C17H19N2O9P. The number of phosphoric acid groups is 1. The number of aromatic amines is 1. The lowest BCUT2D eigenvalue weighted by Crippen LogP contribution is -2.49. The molecule has 3 N–H and O–H groups in total. The third-order valence-corrected chi connectivity index (χ3v) is 5.23. The van der Waals surface area contributed by atoms with Gasteiger partial charge in [0.25, 0.3) is 5.56 Å². The minimum atomic E-state index is -4.98. The van der Waals surface area contributed by atoms with Crippen LogP contribution in [0.4, 0.5) is 0 Å². The molecule has 2 aliphatic rings. The standard InChI is InChI=1S/C17H19N2O9P/c1-10-8-19(16(21)18-15(10)20)14-7-12-13(26-14)9-25-17(27-12,28-29(22,23)24)11-5-3-2-4-6-11/h2-6,8,12-14H,7,9H2,1H3,(H,18,20,21)(H2,22,23,24)/t12-,13-,14-,17-/m1/s1. The van der Waals surface area contributed by atoms with Gasteiger partial charge in [-0.05, 0) is 6.92 Å². The summed E-state index contributed by atoms with van der Waals surface area (Å²) in [5.74, 6) is -2.12. The summed E-state index contributed by atoms with van der Waals surface area (Å²) in [4.78, 5) is 44.7. The van der Waals surface area contributed by atoms with E-state index in [1.807, 2.05) is 0 Å². The molecule has 156 valence electrons. The first-order valence-electron chi connectivity index (χ1n) is 8.78. The second-order valence-corrected chi connectivity index (χ2v) is 7.98. The van der Waals surface area contributed by atoms with Gasteiger partial charge in [-0.2, -0.15) is 0 Å². The first-order valence-corrected chi connectivity index (χ1v) is 10.3. The average Bonchev–Trinajstić information content (AvgIpc) is 3.06. The Kier molecular flexibility index (Phi) is 5.07. The smallest absolute Gasteiger partial charge is 0.349 e. The van der Waals surface area contributed by atoms with Gasteiger partial charge >= 0.3 is 19.5 Å². The molecule has 2 fully saturated rings. The Hall–Kier alpha value is -2.11. The molecule has 3 heterocycles. The van der Waals surface area contributed by atoms with Gasteiger partial charge in [-0.25, -0.2) is 13.9 Å². The maximum absolute atomic E-state index is 12.1. The van der Waals surface area contributed by atoms with Crippen molar-refractivity contribution in [3.05, 3.63) is 68.5 Å². The van der Waals surface area contributed by atoms with Crippen molar-refractivity contribution in [2.45, 2.75) is 37.8 Å². The van der Waals surface area contributed by atoms with Gasteiger partial charge in [-0.1, -0.05) is 30.3 Å². The van der Waals surface area contributed by atoms with Gasteiger partial charge in [-0.3, -0.25) is 14.3 Å². The van der Waals surface area contributed by atoms with E-state index >= 15 is 0 Å². The number of ether oxygens (including phenoxy) is 3. The predicted molar refractivity (Wildman–Crippen MR) is 96.7 cm³/mol. The van der Waals surface area contributed by atoms with E-state index in [2.05, 4.69) is 4.98 Å². The fourth-order valence-corrected chi connectivity index (χ4v) is 3.94. The Morgan fingerprint density at radius 3 is 2.66 bits per heavy atom. The average molecular weight is 426 g/mol. The number of nitrogens with one attached hydrogen (secondary N) is 1. The summed E-state index contributed by atoms with van der Waals surface area (Å²) in [5.41, 5.74) is -0.517. The maximum Gasteiger partial charge on any atom is 0.474 e. The van der Waals surface area contributed by atoms with E-state index < -0.39 is 43.5 Å². The van der Waals surface area contributed by atoms with Crippen molar-refractivity contribution in [1.29, 1.82) is 0 Å². The molecule has 0 unspecified atom stereocenters. The first-order chi connectivity index (χ1) is 13.7. The number of phosphoric ester groups is 1. The van der Waals surface area contributed by atoms with E-state index in [1.165, 1.54) is 10.8 Å². The van der Waals surface area contributed by atoms with Crippen LogP contribution >= 0.6 is 7.82 Å². The summed E-state index contributed by atoms with van der Waals surface area (Å²) in [5, 5.41) is 0. The summed E-state index contributed by atoms with van der Waals surface area (Å²) in [6.45, 7) is 1.47. The van der Waals surface area contributed by atoms with Gasteiger partial charge in [0, 0.05) is 23.7 Å². The van der Waals surface area contributed by atoms with Gasteiger partial charge < -0.3 is 24.0 Å². The van der Waals surface area contributed by atoms with Crippen molar-refractivity contribution < 1.29 is 33.1 Å². The van der Waals surface area contributed by atoms with E-state index in [0.717, 1.165) is 0 Å². The van der Waals surface area contributed by atoms with Crippen molar-refractivity contribution in [3.63, 3.8) is 0 Å². The molecule has 29 heavy (non-hydrogen) atoms. The highest BCUT2D eigenvalue weighted by molar-refractivity contribution is 7.46. The Balaban J connectivity index is 1.63. The van der Waals surface area contributed by atoms with E-state index in [9.17, 15) is 23.9 Å². The molecule has 11 nitrogen and oxygen atoms in total. The number of aryl methyl sites for hydroxylation is 1. The lowest BCUT2D eigenvalue weighted by Gasteiger charge is -2.40. The fourth-order valence-electron chi connectivity index (χ4n) is 3.42. The molecule has 1 aromatic carbocycles. The van der Waals surface area contributed by atoms with Crippen LogP contribution in [0, 0.1) is 6.92 Å². The van der Waals surface area contributed by atoms with Crippen molar-refractivity contribution in [2.24, 2.45) is 0 Å². The second-order valence-electron chi connectivity index (χ2n) is 6.81. The molecule has 4 atom stereocenters. The van der Waals surface area contributed by atoms with Gasteiger partial charge in [0.05, 0.1) is 12.7 Å². The van der Waals surface area contributed by atoms with Crippen molar-refractivity contribution in [3.8, 4) is 0 Å². The van der Waals surface area contributed by atoms with E-state index in [-0.39, 0.29) is 18.6 Å². The highest BCUT2D eigenvalue weighted by atomic mass is 31.2. The lowest BCUT2D eigenvalue weighted by atomic mass is 10.1. The number of hydrogen-bond acceptors (Lipinski definition) is 7. The number of hydrogen-bond donors (Lipinski definition) is 3. The second kappa shape index (κ2) is 7.29. The van der Waals surface area contributed by atoms with Gasteiger partial charge in [0.2, 0.25) is 0 Å². The Morgan fingerprint density at radius 2 is 1.97 bits per heavy atom. The van der Waals surface area contributed by atoms with Crippen LogP contribution in [0.3, 0.4) is 0 Å². The summed E-state index contributed by atoms with van der Waals surface area (Å²) < 4.78 is 35.0. The van der Waals surface area contributed by atoms with Crippen LogP contribution in [-0.2, 0) is 29.3 Å². The molecule has 0 amide bonds. The number of H-pyrrole nitrogens is 1. The number of benzene rings is 1. The monoisotopic (exact) mass is 426 g/mol. The Bertz CT molecular complexity index is 1060. The molecule has 1 aromatic heterocycles. The summed E-state index contributed by atoms with van der Waals surface area (Å²) in [6.07, 6.45) is -0.465. The van der Waals surface area contributed by atoms with Crippen LogP contribution < -0.4 is 11.2 Å². The number of aromatic nitrogens is 2. The third-order valence-electron chi connectivity index (χ3n) is 4.75. The molecule has 2 saturated heterocycles. The molecule has 12 heteroatoms. The Labute approximate surface area is 164 Å². The van der Waals surface area contributed by atoms with Crippen LogP contribution in [0.15, 0.2) is 46.1 Å². The van der Waals surface area contributed by atoms with Crippen molar-refractivity contribution in [2.75, 3.05) is 6.61 Å². The van der Waals surface area contributed by atoms with Crippen LogP contribution in [0.2, 0.25) is 0 Å². The molecule has 4 rings (SSSR count). The molecule has 2 aliphatic heterocycles. The third kappa shape index (κ3) is 3.99. The van der Waals surface area contributed by atoms with E-state index in [4.69, 9.17) is 18.7 Å². The highest BCUT2D eigenvalue weighted by Crippen LogP contribution is 2.50. The van der Waals surface area contributed by atoms with Crippen LogP contribution in [0.25, 0.3) is 0 Å². The SMILES string of the molecule is Cc1cn([C@H]2C[C@H]3O[C@@](OP(=O)(O)O)(c4ccccc4)OC[C@H]3O2)c(=O)[nH]c1=O. The summed E-state index contributed by atoms with van der Waals surface area (Å²) in [7, 11) is -4.98. The molecule has 0 bridgehead atoms. The van der Waals surface area contributed by atoms with E-state index in [1.54, 1.807) is 37.3 Å². The molecule has 0 aliphatic carbocycles.